The Balaban J connectivity index is 1.46. The average Bonchev–Trinajstić information content (AvgIpc) is 3.41. The van der Waals surface area contributed by atoms with Crippen molar-refractivity contribution < 1.29 is 14.6 Å². The lowest BCUT2D eigenvalue weighted by atomic mass is 9.94. The molecule has 0 unspecified atom stereocenters. The number of hydrogen-bond donors (Lipinski definition) is 1. The van der Waals surface area contributed by atoms with Crippen molar-refractivity contribution >= 4 is 38.8 Å². The Labute approximate surface area is 221 Å². The minimum atomic E-state index is -0.0301. The van der Waals surface area contributed by atoms with Gasteiger partial charge >= 0.3 is 0 Å². The predicted octanol–water partition coefficient (Wildman–Crippen LogP) is 7.50. The fourth-order valence-electron chi connectivity index (χ4n) is 5.15. The molecule has 4 aromatic rings. The molecule has 1 aliphatic heterocycles. The van der Waals surface area contributed by atoms with Crippen molar-refractivity contribution in [2.75, 3.05) is 26.2 Å². The summed E-state index contributed by atoms with van der Waals surface area (Å²) < 4.78 is 6.89. The summed E-state index contributed by atoms with van der Waals surface area (Å²) in [5, 5.41) is 11.6. The van der Waals surface area contributed by atoms with Gasteiger partial charge in [0.2, 0.25) is 5.78 Å². The molecule has 1 aliphatic rings. The molecule has 1 aromatic heterocycles. The normalized spacial score (nSPS) is 16.1. The molecule has 36 heavy (non-hydrogen) atoms. The molecule has 2 heterocycles. The number of thiophene rings is 1. The maximum Gasteiger partial charge on any atom is 0.204 e. The fourth-order valence-corrected chi connectivity index (χ4v) is 6.69. The van der Waals surface area contributed by atoms with E-state index in [0.717, 1.165) is 63.6 Å². The van der Waals surface area contributed by atoms with Crippen molar-refractivity contribution in [2.24, 2.45) is 5.92 Å². The van der Waals surface area contributed by atoms with Crippen LogP contribution in [-0.4, -0.2) is 42.0 Å². The van der Waals surface area contributed by atoms with E-state index in [9.17, 15) is 9.90 Å². The first kappa shape index (κ1) is 24.8. The van der Waals surface area contributed by atoms with Crippen molar-refractivity contribution in [1.29, 1.82) is 0 Å². The third-order valence-corrected chi connectivity index (χ3v) is 8.30. The first-order valence-electron chi connectivity index (χ1n) is 12.3. The Morgan fingerprint density at radius 1 is 1.11 bits per heavy atom. The summed E-state index contributed by atoms with van der Waals surface area (Å²) in [5.41, 5.74) is 4.21. The van der Waals surface area contributed by atoms with Crippen LogP contribution in [0.25, 0.3) is 21.2 Å². The second kappa shape index (κ2) is 10.3. The van der Waals surface area contributed by atoms with E-state index < -0.39 is 0 Å². The number of benzene rings is 3. The van der Waals surface area contributed by atoms with Crippen LogP contribution >= 0.6 is 22.9 Å². The SMILES string of the molecule is Cc1cc(Cl)cc(C)c1C(=O)c1sc2cc(O)ccc2c1-c1ccc(OCCN2CC[C@@H](C)C2)cc1. The summed E-state index contributed by atoms with van der Waals surface area (Å²) in [6.07, 6.45) is 1.26. The molecular formula is C30H30ClNO3S. The van der Waals surface area contributed by atoms with E-state index in [2.05, 4.69) is 11.8 Å². The summed E-state index contributed by atoms with van der Waals surface area (Å²) in [6, 6.07) is 16.9. The highest BCUT2D eigenvalue weighted by Gasteiger charge is 2.24. The standard InChI is InChI=1S/C30H30ClNO3S/c1-18-10-11-32(17-18)12-13-35-24-7-4-21(5-8-24)28-25-9-6-23(33)16-26(25)36-30(28)29(34)27-19(2)14-22(31)15-20(27)3/h4-9,14-16,18,33H,10-13,17H2,1-3H3/t18-/m1/s1. The predicted molar refractivity (Wildman–Crippen MR) is 149 cm³/mol. The molecule has 3 aromatic carbocycles. The summed E-state index contributed by atoms with van der Waals surface area (Å²) in [5.74, 6) is 1.74. The minimum absolute atomic E-state index is 0.0301. The zero-order valence-corrected chi connectivity index (χ0v) is 22.4. The highest BCUT2D eigenvalue weighted by molar-refractivity contribution is 7.21. The molecule has 5 rings (SSSR count). The van der Waals surface area contributed by atoms with Gasteiger partial charge < -0.3 is 9.84 Å². The monoisotopic (exact) mass is 519 g/mol. The number of carbonyl (C=O) groups is 1. The zero-order valence-electron chi connectivity index (χ0n) is 20.8. The molecule has 186 valence electrons. The van der Waals surface area contributed by atoms with Crippen LogP contribution in [0.1, 0.15) is 39.7 Å². The number of aryl methyl sites for hydroxylation is 2. The van der Waals surface area contributed by atoms with Crippen LogP contribution in [0.2, 0.25) is 5.02 Å². The second-order valence-electron chi connectivity index (χ2n) is 9.80. The van der Waals surface area contributed by atoms with E-state index in [1.165, 1.54) is 17.8 Å². The lowest BCUT2D eigenvalue weighted by Gasteiger charge is -2.15. The van der Waals surface area contributed by atoms with Gasteiger partial charge in [0.05, 0.1) is 4.88 Å². The molecule has 0 amide bonds. The van der Waals surface area contributed by atoms with Gasteiger partial charge in [-0.1, -0.05) is 30.7 Å². The van der Waals surface area contributed by atoms with Crippen LogP contribution < -0.4 is 4.74 Å². The van der Waals surface area contributed by atoms with E-state index in [-0.39, 0.29) is 11.5 Å². The molecule has 1 fully saturated rings. The van der Waals surface area contributed by atoms with Gasteiger partial charge in [-0.15, -0.1) is 11.3 Å². The Morgan fingerprint density at radius 3 is 2.50 bits per heavy atom. The minimum Gasteiger partial charge on any atom is -0.508 e. The van der Waals surface area contributed by atoms with Gasteiger partial charge in [0.25, 0.3) is 0 Å². The lowest BCUT2D eigenvalue weighted by Crippen LogP contribution is -2.25. The third-order valence-electron chi connectivity index (χ3n) is 6.93. The number of ether oxygens (including phenoxy) is 1. The Kier molecular flexibility index (Phi) is 7.07. The van der Waals surface area contributed by atoms with E-state index in [1.54, 1.807) is 12.1 Å². The highest BCUT2D eigenvalue weighted by Crippen LogP contribution is 2.42. The number of aromatic hydroxyl groups is 1. The smallest absolute Gasteiger partial charge is 0.204 e. The summed E-state index contributed by atoms with van der Waals surface area (Å²) in [6.45, 7) is 10.0. The number of hydrogen-bond acceptors (Lipinski definition) is 5. The highest BCUT2D eigenvalue weighted by atomic mass is 35.5. The second-order valence-corrected chi connectivity index (χ2v) is 11.3. The molecule has 1 atom stereocenters. The molecule has 0 radical (unpaired) electrons. The molecular weight excluding hydrogens is 490 g/mol. The van der Waals surface area contributed by atoms with Crippen molar-refractivity contribution in [3.05, 3.63) is 81.2 Å². The van der Waals surface area contributed by atoms with Gasteiger partial charge in [0.15, 0.2) is 0 Å². The fraction of sp³-hybridized carbons (Fsp3) is 0.300. The Bertz CT molecular complexity index is 1400. The van der Waals surface area contributed by atoms with Gasteiger partial charge in [-0.25, -0.2) is 0 Å². The van der Waals surface area contributed by atoms with Gasteiger partial charge in [-0.3, -0.25) is 9.69 Å². The van der Waals surface area contributed by atoms with E-state index in [1.807, 2.05) is 56.3 Å². The number of nitrogens with zero attached hydrogens (tertiary/aromatic N) is 1. The zero-order chi connectivity index (χ0) is 25.4. The maximum atomic E-state index is 13.9. The number of phenols is 1. The van der Waals surface area contributed by atoms with Gasteiger partial charge in [-0.2, -0.15) is 0 Å². The van der Waals surface area contributed by atoms with E-state index >= 15 is 0 Å². The van der Waals surface area contributed by atoms with Gasteiger partial charge in [0.1, 0.15) is 18.1 Å². The Morgan fingerprint density at radius 2 is 1.83 bits per heavy atom. The van der Waals surface area contributed by atoms with Crippen LogP contribution in [-0.2, 0) is 0 Å². The number of carbonyl (C=O) groups excluding carboxylic acids is 1. The molecule has 0 saturated carbocycles. The summed E-state index contributed by atoms with van der Waals surface area (Å²) in [4.78, 5) is 17.0. The van der Waals surface area contributed by atoms with Crippen molar-refractivity contribution in [3.8, 4) is 22.6 Å². The number of phenolic OH excluding ortho intramolecular Hbond substituents is 1. The van der Waals surface area contributed by atoms with Crippen LogP contribution in [0, 0.1) is 19.8 Å². The van der Waals surface area contributed by atoms with Crippen LogP contribution in [0.15, 0.2) is 54.6 Å². The molecule has 1 saturated heterocycles. The average molecular weight is 520 g/mol. The van der Waals surface area contributed by atoms with Crippen molar-refractivity contribution in [2.45, 2.75) is 27.2 Å². The number of rotatable bonds is 7. The van der Waals surface area contributed by atoms with Gasteiger partial charge in [-0.05, 0) is 91.9 Å². The van der Waals surface area contributed by atoms with E-state index in [4.69, 9.17) is 16.3 Å². The van der Waals surface area contributed by atoms with Gasteiger partial charge in [0, 0.05) is 39.3 Å². The number of fused-ring (bicyclic) bond motifs is 1. The maximum absolute atomic E-state index is 13.9. The number of likely N-dealkylation sites (tertiary alicyclic amines) is 1. The molecule has 0 bridgehead atoms. The molecule has 1 N–H and O–H groups in total. The van der Waals surface area contributed by atoms with Crippen LogP contribution in [0.3, 0.4) is 0 Å². The number of ketones is 1. The lowest BCUT2D eigenvalue weighted by molar-refractivity contribution is 0.104. The number of halogens is 1. The molecule has 0 aliphatic carbocycles. The van der Waals surface area contributed by atoms with E-state index in [0.29, 0.717) is 22.1 Å². The molecule has 0 spiro atoms. The summed E-state index contributed by atoms with van der Waals surface area (Å²) in [7, 11) is 0. The van der Waals surface area contributed by atoms with Crippen LogP contribution in [0.4, 0.5) is 0 Å². The summed E-state index contributed by atoms with van der Waals surface area (Å²) >= 11 is 7.64. The molecule has 4 nitrogen and oxygen atoms in total. The van der Waals surface area contributed by atoms with Crippen LogP contribution in [0.5, 0.6) is 11.5 Å². The topological polar surface area (TPSA) is 49.8 Å². The van der Waals surface area contributed by atoms with Crippen molar-refractivity contribution in [1.82, 2.24) is 4.90 Å². The van der Waals surface area contributed by atoms with Crippen molar-refractivity contribution in [3.63, 3.8) is 0 Å². The first-order valence-corrected chi connectivity index (χ1v) is 13.5. The molecule has 6 heteroatoms. The largest absolute Gasteiger partial charge is 0.508 e. The quantitative estimate of drug-likeness (QED) is 0.257. The Hall–Kier alpha value is -2.86. The third kappa shape index (κ3) is 5.01. The first-order chi connectivity index (χ1) is 17.3.